The number of hydrazine groups is 1. The predicted octanol–water partition coefficient (Wildman–Crippen LogP) is -0.771. The molecule has 0 radical (unpaired) electrons. The lowest BCUT2D eigenvalue weighted by Crippen LogP contribution is -2.40. The van der Waals surface area contributed by atoms with Crippen LogP contribution in [0.1, 0.15) is 12.1 Å². The highest BCUT2D eigenvalue weighted by atomic mass is 32.2. The van der Waals surface area contributed by atoms with Crippen molar-refractivity contribution in [3.63, 3.8) is 0 Å². The molecule has 1 heterocycles. The molecule has 0 aliphatic carbocycles. The van der Waals surface area contributed by atoms with Crippen molar-refractivity contribution in [2.45, 2.75) is 18.9 Å². The van der Waals surface area contributed by atoms with E-state index in [-0.39, 0.29) is 11.8 Å². The van der Waals surface area contributed by atoms with Crippen LogP contribution < -0.4 is 11.3 Å². The first-order valence-corrected chi connectivity index (χ1v) is 7.09. The van der Waals surface area contributed by atoms with E-state index in [1.165, 1.54) is 6.26 Å². The molecule has 1 aromatic heterocycles. The molecule has 0 bridgehead atoms. The number of rotatable bonds is 6. The average molecular weight is 246 g/mol. The SMILES string of the molecule is Cn1nccc1CCC(CS(C)(=O)=O)NN. The fraction of sp³-hybridized carbons (Fsp3) is 0.667. The third-order valence-electron chi connectivity index (χ3n) is 2.41. The highest BCUT2D eigenvalue weighted by molar-refractivity contribution is 7.90. The quantitative estimate of drug-likeness (QED) is 0.508. The smallest absolute Gasteiger partial charge is 0.149 e. The van der Waals surface area contributed by atoms with Gasteiger partial charge in [-0.15, -0.1) is 0 Å². The monoisotopic (exact) mass is 246 g/mol. The van der Waals surface area contributed by atoms with Crippen molar-refractivity contribution < 1.29 is 8.42 Å². The van der Waals surface area contributed by atoms with Gasteiger partial charge in [0.05, 0.1) is 5.75 Å². The van der Waals surface area contributed by atoms with Gasteiger partial charge < -0.3 is 0 Å². The Morgan fingerprint density at radius 2 is 2.31 bits per heavy atom. The Bertz CT molecular complexity index is 426. The molecule has 1 atom stereocenters. The van der Waals surface area contributed by atoms with E-state index in [1.54, 1.807) is 10.9 Å². The third kappa shape index (κ3) is 4.30. The number of hydrogen-bond donors (Lipinski definition) is 2. The first-order valence-electron chi connectivity index (χ1n) is 5.03. The minimum atomic E-state index is -3.00. The van der Waals surface area contributed by atoms with Crippen LogP contribution in [0.25, 0.3) is 0 Å². The molecule has 0 saturated carbocycles. The second kappa shape index (κ2) is 5.42. The lowest BCUT2D eigenvalue weighted by molar-refractivity contribution is 0.512. The second-order valence-corrected chi connectivity index (χ2v) is 6.13. The molecule has 92 valence electrons. The largest absolute Gasteiger partial charge is 0.273 e. The molecule has 0 aliphatic rings. The van der Waals surface area contributed by atoms with E-state index < -0.39 is 9.84 Å². The van der Waals surface area contributed by atoms with Crippen LogP contribution in [0.2, 0.25) is 0 Å². The molecule has 16 heavy (non-hydrogen) atoms. The summed E-state index contributed by atoms with van der Waals surface area (Å²) in [4.78, 5) is 0. The summed E-state index contributed by atoms with van der Waals surface area (Å²) in [7, 11) is -1.14. The summed E-state index contributed by atoms with van der Waals surface area (Å²) in [5.74, 6) is 5.38. The van der Waals surface area contributed by atoms with Gasteiger partial charge in [0.1, 0.15) is 9.84 Å². The molecule has 1 aromatic rings. The topological polar surface area (TPSA) is 90.0 Å². The van der Waals surface area contributed by atoms with Gasteiger partial charge in [-0.25, -0.2) is 8.42 Å². The summed E-state index contributed by atoms with van der Waals surface area (Å²) >= 11 is 0. The zero-order chi connectivity index (χ0) is 12.2. The van der Waals surface area contributed by atoms with Crippen molar-refractivity contribution in [1.29, 1.82) is 0 Å². The molecule has 6 nitrogen and oxygen atoms in total. The van der Waals surface area contributed by atoms with Gasteiger partial charge in [-0.05, 0) is 18.9 Å². The van der Waals surface area contributed by atoms with Crippen molar-refractivity contribution in [2.75, 3.05) is 12.0 Å². The van der Waals surface area contributed by atoms with Gasteiger partial charge in [0, 0.05) is 31.2 Å². The maximum Gasteiger partial charge on any atom is 0.149 e. The van der Waals surface area contributed by atoms with Gasteiger partial charge >= 0.3 is 0 Å². The zero-order valence-electron chi connectivity index (χ0n) is 9.55. The summed E-state index contributed by atoms with van der Waals surface area (Å²) in [6, 6.07) is 1.69. The van der Waals surface area contributed by atoms with Crippen molar-refractivity contribution in [2.24, 2.45) is 12.9 Å². The van der Waals surface area contributed by atoms with E-state index in [0.717, 1.165) is 12.1 Å². The Hall–Kier alpha value is -0.920. The van der Waals surface area contributed by atoms with Crippen LogP contribution in [0.4, 0.5) is 0 Å². The Kier molecular flexibility index (Phi) is 4.45. The standard InChI is InChI=1S/C9H18N4O2S/c1-13-9(5-6-11-13)4-3-8(12-10)7-16(2,14)15/h5-6,8,12H,3-4,7,10H2,1-2H3. The number of aromatic nitrogens is 2. The summed E-state index contributed by atoms with van der Waals surface area (Å²) in [6.07, 6.45) is 4.35. The zero-order valence-corrected chi connectivity index (χ0v) is 10.4. The minimum absolute atomic E-state index is 0.0569. The van der Waals surface area contributed by atoms with Crippen LogP contribution in [-0.4, -0.2) is 36.2 Å². The van der Waals surface area contributed by atoms with E-state index in [0.29, 0.717) is 6.42 Å². The summed E-state index contributed by atoms with van der Waals surface area (Å²) in [6.45, 7) is 0. The van der Waals surface area contributed by atoms with Gasteiger partial charge in [0.15, 0.2) is 0 Å². The minimum Gasteiger partial charge on any atom is -0.273 e. The number of nitrogens with two attached hydrogens (primary N) is 1. The van der Waals surface area contributed by atoms with Crippen molar-refractivity contribution in [3.05, 3.63) is 18.0 Å². The number of aryl methyl sites for hydroxylation is 2. The molecule has 0 saturated heterocycles. The molecule has 0 spiro atoms. The highest BCUT2D eigenvalue weighted by Crippen LogP contribution is 2.05. The molecular weight excluding hydrogens is 228 g/mol. The van der Waals surface area contributed by atoms with Crippen LogP contribution >= 0.6 is 0 Å². The molecule has 0 fully saturated rings. The van der Waals surface area contributed by atoms with Gasteiger partial charge in [0.2, 0.25) is 0 Å². The van der Waals surface area contributed by atoms with E-state index in [9.17, 15) is 8.42 Å². The van der Waals surface area contributed by atoms with E-state index >= 15 is 0 Å². The number of nitrogens with zero attached hydrogens (tertiary/aromatic N) is 2. The summed E-state index contributed by atoms with van der Waals surface area (Å²) in [5.41, 5.74) is 3.60. The molecule has 1 rings (SSSR count). The molecule has 1 unspecified atom stereocenters. The van der Waals surface area contributed by atoms with Crippen LogP contribution in [0.3, 0.4) is 0 Å². The molecular formula is C9H18N4O2S. The average Bonchev–Trinajstić information content (AvgIpc) is 2.57. The maximum atomic E-state index is 11.1. The number of nitrogens with one attached hydrogen (secondary N) is 1. The Labute approximate surface area is 95.7 Å². The van der Waals surface area contributed by atoms with Crippen molar-refractivity contribution in [3.8, 4) is 0 Å². The Morgan fingerprint density at radius 1 is 1.62 bits per heavy atom. The fourth-order valence-corrected chi connectivity index (χ4v) is 2.54. The highest BCUT2D eigenvalue weighted by Gasteiger charge is 2.14. The third-order valence-corrected chi connectivity index (χ3v) is 3.42. The predicted molar refractivity (Wildman–Crippen MR) is 62.4 cm³/mol. The second-order valence-electron chi connectivity index (χ2n) is 3.94. The lowest BCUT2D eigenvalue weighted by atomic mass is 10.1. The maximum absolute atomic E-state index is 11.1. The van der Waals surface area contributed by atoms with Crippen LogP contribution in [0, 0.1) is 0 Å². The van der Waals surface area contributed by atoms with E-state index in [2.05, 4.69) is 10.5 Å². The van der Waals surface area contributed by atoms with Gasteiger partial charge in [0.25, 0.3) is 0 Å². The molecule has 3 N–H and O–H groups in total. The lowest BCUT2D eigenvalue weighted by Gasteiger charge is -2.14. The van der Waals surface area contributed by atoms with Gasteiger partial charge in [-0.2, -0.15) is 5.10 Å². The van der Waals surface area contributed by atoms with Crippen LogP contribution in [-0.2, 0) is 23.3 Å². The van der Waals surface area contributed by atoms with Crippen LogP contribution in [0.15, 0.2) is 12.3 Å². The number of sulfone groups is 1. The first kappa shape index (κ1) is 13.1. The number of hydrogen-bond acceptors (Lipinski definition) is 5. The molecule has 0 amide bonds. The van der Waals surface area contributed by atoms with E-state index in [1.807, 2.05) is 13.1 Å². The van der Waals surface area contributed by atoms with Crippen molar-refractivity contribution >= 4 is 9.84 Å². The summed E-state index contributed by atoms with van der Waals surface area (Å²) < 4.78 is 24.0. The normalized spacial score (nSPS) is 13.9. The molecule has 7 heteroatoms. The first-order chi connectivity index (χ1) is 7.42. The van der Waals surface area contributed by atoms with E-state index in [4.69, 9.17) is 5.84 Å². The van der Waals surface area contributed by atoms with Gasteiger partial charge in [-0.3, -0.25) is 16.0 Å². The van der Waals surface area contributed by atoms with Gasteiger partial charge in [-0.1, -0.05) is 0 Å². The molecule has 0 aromatic carbocycles. The van der Waals surface area contributed by atoms with Crippen LogP contribution in [0.5, 0.6) is 0 Å². The van der Waals surface area contributed by atoms with Crippen molar-refractivity contribution in [1.82, 2.24) is 15.2 Å². The summed E-state index contributed by atoms with van der Waals surface area (Å²) in [5, 5.41) is 4.04. The Morgan fingerprint density at radius 3 is 2.75 bits per heavy atom. The fourth-order valence-electron chi connectivity index (χ4n) is 1.55. The molecule has 0 aliphatic heterocycles. The Balaban J connectivity index is 2.49.